The lowest BCUT2D eigenvalue weighted by molar-refractivity contribution is -0.141. The van der Waals surface area contributed by atoms with Gasteiger partial charge < -0.3 is 9.13 Å². The molecule has 4 rings (SSSR count). The van der Waals surface area contributed by atoms with Gasteiger partial charge in [-0.05, 0) is 18.2 Å². The van der Waals surface area contributed by atoms with Crippen LogP contribution < -0.4 is 0 Å². The first-order valence-corrected chi connectivity index (χ1v) is 10.8. The van der Waals surface area contributed by atoms with Gasteiger partial charge in [-0.3, -0.25) is 4.98 Å². The fraction of sp³-hybridized carbons (Fsp3) is 0.263. The zero-order chi connectivity index (χ0) is 22.6. The number of imidazole rings is 2. The van der Waals surface area contributed by atoms with E-state index in [0.717, 1.165) is 12.3 Å². The minimum absolute atomic E-state index is 0.0354. The number of pyridine rings is 2. The van der Waals surface area contributed by atoms with E-state index in [4.69, 9.17) is 0 Å². The number of sulfone groups is 1. The third kappa shape index (κ3) is 3.46. The van der Waals surface area contributed by atoms with Crippen LogP contribution in [-0.4, -0.2) is 43.2 Å². The van der Waals surface area contributed by atoms with E-state index >= 15 is 0 Å². The highest BCUT2D eigenvalue weighted by Crippen LogP contribution is 2.34. The fourth-order valence-corrected chi connectivity index (χ4v) is 4.54. The number of halogens is 3. The molecule has 0 aliphatic carbocycles. The number of rotatable bonds is 4. The van der Waals surface area contributed by atoms with Gasteiger partial charge in [0.2, 0.25) is 0 Å². The number of hydrogen-bond donors (Lipinski definition) is 0. The molecule has 0 fully saturated rings. The SMILES string of the molecule is CCS(=O)(=O)c1c(-c2nc3cc(C(F)(F)F)ncc3n2C)nc(-c2cccnc2)n1C. The van der Waals surface area contributed by atoms with Crippen LogP contribution in [0.1, 0.15) is 12.6 Å². The zero-order valence-electron chi connectivity index (χ0n) is 16.7. The zero-order valence-corrected chi connectivity index (χ0v) is 17.5. The lowest BCUT2D eigenvalue weighted by Crippen LogP contribution is -2.11. The molecule has 0 unspecified atom stereocenters. The number of alkyl halides is 3. The topological polar surface area (TPSA) is 95.6 Å². The summed E-state index contributed by atoms with van der Waals surface area (Å²) in [7, 11) is -0.617. The third-order valence-electron chi connectivity index (χ3n) is 4.91. The molecule has 4 aromatic rings. The standard InChI is InChI=1S/C19H17F3N6O2S/c1-4-31(29,30)18-15(26-16(28(18)3)11-6-5-7-23-9-11)17-25-12-8-14(19(20,21)22)24-10-13(12)27(17)2/h5-10H,4H2,1-3H3. The van der Waals surface area contributed by atoms with Gasteiger partial charge in [-0.15, -0.1) is 0 Å². The van der Waals surface area contributed by atoms with Crippen LogP contribution in [0.2, 0.25) is 0 Å². The molecular weight excluding hydrogens is 433 g/mol. The molecule has 0 radical (unpaired) electrons. The summed E-state index contributed by atoms with van der Waals surface area (Å²) in [5.41, 5.74) is -0.0909. The Balaban J connectivity index is 2.02. The average molecular weight is 450 g/mol. The molecule has 4 aromatic heterocycles. The Labute approximate surface area is 175 Å². The molecule has 0 saturated carbocycles. The van der Waals surface area contributed by atoms with E-state index < -0.39 is 21.7 Å². The summed E-state index contributed by atoms with van der Waals surface area (Å²) < 4.78 is 67.9. The minimum Gasteiger partial charge on any atom is -0.324 e. The molecule has 0 spiro atoms. The van der Waals surface area contributed by atoms with Crippen molar-refractivity contribution >= 4 is 20.9 Å². The van der Waals surface area contributed by atoms with Crippen molar-refractivity contribution in [2.75, 3.05) is 5.75 Å². The summed E-state index contributed by atoms with van der Waals surface area (Å²) in [6.07, 6.45) is -0.439. The van der Waals surface area contributed by atoms with Crippen LogP contribution in [0.5, 0.6) is 0 Å². The molecule has 0 N–H and O–H groups in total. The van der Waals surface area contributed by atoms with Crippen molar-refractivity contribution in [3.05, 3.63) is 42.5 Å². The highest BCUT2D eigenvalue weighted by atomic mass is 32.2. The van der Waals surface area contributed by atoms with Crippen LogP contribution in [-0.2, 0) is 30.1 Å². The van der Waals surface area contributed by atoms with E-state index in [1.54, 1.807) is 38.6 Å². The van der Waals surface area contributed by atoms with E-state index in [9.17, 15) is 21.6 Å². The largest absolute Gasteiger partial charge is 0.433 e. The van der Waals surface area contributed by atoms with Crippen LogP contribution in [0, 0.1) is 0 Å². The average Bonchev–Trinajstić information content (AvgIpc) is 3.25. The van der Waals surface area contributed by atoms with Crippen molar-refractivity contribution in [2.24, 2.45) is 14.1 Å². The molecule has 4 heterocycles. The van der Waals surface area contributed by atoms with Crippen LogP contribution in [0.15, 0.2) is 41.8 Å². The van der Waals surface area contributed by atoms with Crippen LogP contribution >= 0.6 is 0 Å². The first kappa shape index (κ1) is 21.0. The van der Waals surface area contributed by atoms with Gasteiger partial charge in [-0.25, -0.2) is 23.4 Å². The van der Waals surface area contributed by atoms with Gasteiger partial charge in [0.05, 0.1) is 23.0 Å². The Hall–Kier alpha value is -3.28. The van der Waals surface area contributed by atoms with Gasteiger partial charge in [-0.1, -0.05) is 6.92 Å². The van der Waals surface area contributed by atoms with E-state index in [2.05, 4.69) is 19.9 Å². The minimum atomic E-state index is -4.62. The third-order valence-corrected chi connectivity index (χ3v) is 6.72. The van der Waals surface area contributed by atoms with E-state index in [1.165, 1.54) is 16.1 Å². The Morgan fingerprint density at radius 3 is 2.42 bits per heavy atom. The molecule has 0 aliphatic heterocycles. The molecule has 162 valence electrons. The maximum Gasteiger partial charge on any atom is 0.433 e. The molecule has 0 bridgehead atoms. The van der Waals surface area contributed by atoms with Gasteiger partial charge in [-0.2, -0.15) is 13.2 Å². The first-order valence-electron chi connectivity index (χ1n) is 9.14. The monoisotopic (exact) mass is 450 g/mol. The van der Waals surface area contributed by atoms with Crippen molar-refractivity contribution in [3.8, 4) is 22.9 Å². The van der Waals surface area contributed by atoms with Gasteiger partial charge in [0, 0.05) is 32.1 Å². The summed E-state index contributed by atoms with van der Waals surface area (Å²) >= 11 is 0. The van der Waals surface area contributed by atoms with E-state index in [0.29, 0.717) is 16.9 Å². The normalized spacial score (nSPS) is 12.6. The summed E-state index contributed by atoms with van der Waals surface area (Å²) in [5, 5.41) is -0.0729. The summed E-state index contributed by atoms with van der Waals surface area (Å²) in [6, 6.07) is 4.25. The molecular formula is C19H17F3N6O2S. The van der Waals surface area contributed by atoms with Crippen LogP contribution in [0.4, 0.5) is 13.2 Å². The molecule has 31 heavy (non-hydrogen) atoms. The smallest absolute Gasteiger partial charge is 0.324 e. The predicted molar refractivity (Wildman–Crippen MR) is 107 cm³/mol. The lowest BCUT2D eigenvalue weighted by atomic mass is 10.3. The van der Waals surface area contributed by atoms with Crippen LogP contribution in [0.3, 0.4) is 0 Å². The van der Waals surface area contributed by atoms with Gasteiger partial charge in [0.1, 0.15) is 17.2 Å². The number of aryl methyl sites for hydroxylation is 1. The van der Waals surface area contributed by atoms with E-state index in [1.807, 2.05) is 0 Å². The second-order valence-corrected chi connectivity index (χ2v) is 9.04. The van der Waals surface area contributed by atoms with Crippen molar-refractivity contribution in [2.45, 2.75) is 18.1 Å². The Kier molecular flexibility index (Phi) is 4.84. The maximum atomic E-state index is 13.1. The van der Waals surface area contributed by atoms with Crippen molar-refractivity contribution < 1.29 is 21.6 Å². The quantitative estimate of drug-likeness (QED) is 0.474. The van der Waals surface area contributed by atoms with Gasteiger partial charge in [0.15, 0.2) is 20.7 Å². The summed E-state index contributed by atoms with van der Waals surface area (Å²) in [6.45, 7) is 1.50. The summed E-state index contributed by atoms with van der Waals surface area (Å²) in [4.78, 5) is 16.3. The molecule has 8 nitrogen and oxygen atoms in total. The fourth-order valence-electron chi connectivity index (χ4n) is 3.33. The van der Waals surface area contributed by atoms with Crippen LogP contribution in [0.25, 0.3) is 33.9 Å². The number of nitrogens with zero attached hydrogens (tertiary/aromatic N) is 6. The van der Waals surface area contributed by atoms with Crippen molar-refractivity contribution in [3.63, 3.8) is 0 Å². The predicted octanol–water partition coefficient (Wildman–Crippen LogP) is 3.24. The second-order valence-electron chi connectivity index (χ2n) is 6.84. The van der Waals surface area contributed by atoms with Crippen molar-refractivity contribution in [1.82, 2.24) is 29.1 Å². The Bertz CT molecular complexity index is 1390. The molecule has 0 amide bonds. The lowest BCUT2D eigenvalue weighted by Gasteiger charge is -2.07. The first-order chi connectivity index (χ1) is 14.5. The molecule has 12 heteroatoms. The van der Waals surface area contributed by atoms with Gasteiger partial charge in [0.25, 0.3) is 0 Å². The Morgan fingerprint density at radius 1 is 1.06 bits per heavy atom. The van der Waals surface area contributed by atoms with Gasteiger partial charge >= 0.3 is 6.18 Å². The highest BCUT2D eigenvalue weighted by Gasteiger charge is 2.34. The maximum absolute atomic E-state index is 13.1. The van der Waals surface area contributed by atoms with Crippen molar-refractivity contribution in [1.29, 1.82) is 0 Å². The summed E-state index contributed by atoms with van der Waals surface area (Å²) in [5.74, 6) is 0.278. The molecule has 0 aromatic carbocycles. The number of aromatic nitrogens is 6. The number of fused-ring (bicyclic) bond motifs is 1. The second kappa shape index (κ2) is 7.15. The number of hydrogen-bond acceptors (Lipinski definition) is 6. The molecule has 0 saturated heterocycles. The highest BCUT2D eigenvalue weighted by molar-refractivity contribution is 7.91. The Morgan fingerprint density at radius 2 is 1.81 bits per heavy atom. The molecule has 0 aliphatic rings. The van der Waals surface area contributed by atoms with E-state index in [-0.39, 0.29) is 27.8 Å². The molecule has 0 atom stereocenters.